The number of hydrogen-bond acceptors (Lipinski definition) is 4. The monoisotopic (exact) mass is 317 g/mol. The second-order valence-electron chi connectivity index (χ2n) is 6.07. The van der Waals surface area contributed by atoms with Crippen LogP contribution in [0.5, 0.6) is 0 Å². The van der Waals surface area contributed by atoms with Crippen molar-refractivity contribution >= 4 is 11.8 Å². The molecule has 2 unspecified atom stereocenters. The fraction of sp³-hybridized carbons (Fsp3) is 0.588. The van der Waals surface area contributed by atoms with Gasteiger partial charge in [0.15, 0.2) is 5.82 Å². The predicted molar refractivity (Wildman–Crippen MR) is 92.6 cm³/mol. The Labute approximate surface area is 138 Å². The summed E-state index contributed by atoms with van der Waals surface area (Å²) in [6, 6.07) is 4.14. The molecule has 2 rings (SSSR count). The van der Waals surface area contributed by atoms with Gasteiger partial charge >= 0.3 is 6.03 Å². The molecule has 0 bridgehead atoms. The lowest BCUT2D eigenvalue weighted by molar-refractivity contribution is 0.230. The highest BCUT2D eigenvalue weighted by atomic mass is 16.2. The van der Waals surface area contributed by atoms with Crippen LogP contribution < -0.4 is 15.5 Å². The molecule has 1 aliphatic rings. The Balaban J connectivity index is 1.87. The van der Waals surface area contributed by atoms with Gasteiger partial charge in [0.25, 0.3) is 0 Å². The molecule has 126 valence electrons. The molecular formula is C17H27N5O. The number of amides is 2. The molecule has 0 saturated carbocycles. The van der Waals surface area contributed by atoms with Crippen LogP contribution in [-0.4, -0.2) is 41.4 Å². The summed E-state index contributed by atoms with van der Waals surface area (Å²) in [4.78, 5) is 14.3. The fourth-order valence-electron chi connectivity index (χ4n) is 2.80. The van der Waals surface area contributed by atoms with E-state index in [-0.39, 0.29) is 18.1 Å². The molecule has 6 nitrogen and oxygen atoms in total. The molecule has 2 atom stereocenters. The van der Waals surface area contributed by atoms with Crippen LogP contribution in [0.4, 0.5) is 10.6 Å². The van der Waals surface area contributed by atoms with Gasteiger partial charge in [-0.05, 0) is 44.7 Å². The number of aromatic nitrogens is 2. The largest absolute Gasteiger partial charge is 0.353 e. The van der Waals surface area contributed by atoms with Crippen LogP contribution in [0.1, 0.15) is 38.3 Å². The second kappa shape index (κ2) is 8.50. The Morgan fingerprint density at radius 1 is 1.52 bits per heavy atom. The van der Waals surface area contributed by atoms with E-state index in [0.29, 0.717) is 0 Å². The van der Waals surface area contributed by atoms with Crippen molar-refractivity contribution < 1.29 is 4.79 Å². The van der Waals surface area contributed by atoms with Crippen molar-refractivity contribution in [1.29, 1.82) is 0 Å². The molecule has 1 saturated heterocycles. The van der Waals surface area contributed by atoms with E-state index < -0.39 is 0 Å². The normalized spacial score (nSPS) is 19.0. The van der Waals surface area contributed by atoms with E-state index >= 15 is 0 Å². The highest BCUT2D eigenvalue weighted by Crippen LogP contribution is 2.17. The first-order valence-electron chi connectivity index (χ1n) is 8.35. The van der Waals surface area contributed by atoms with E-state index in [1.807, 2.05) is 25.1 Å². The summed E-state index contributed by atoms with van der Waals surface area (Å²) in [7, 11) is 0. The molecule has 0 spiro atoms. The molecular weight excluding hydrogens is 290 g/mol. The maximum atomic E-state index is 12.1. The smallest absolute Gasteiger partial charge is 0.315 e. The highest BCUT2D eigenvalue weighted by Gasteiger charge is 2.23. The molecule has 0 aromatic carbocycles. The SMILES string of the molecule is C=CCC(CC)NC(=O)NC1CCCN(c2ccc(C)nn2)C1. The van der Waals surface area contributed by atoms with Gasteiger partial charge in [-0.25, -0.2) is 4.79 Å². The lowest BCUT2D eigenvalue weighted by Gasteiger charge is -2.34. The molecule has 6 heteroatoms. The number of nitrogens with one attached hydrogen (secondary N) is 2. The Morgan fingerprint density at radius 3 is 3.00 bits per heavy atom. The zero-order valence-electron chi connectivity index (χ0n) is 14.1. The van der Waals surface area contributed by atoms with E-state index in [1.165, 1.54) is 0 Å². The summed E-state index contributed by atoms with van der Waals surface area (Å²) in [6.45, 7) is 9.44. The van der Waals surface area contributed by atoms with Crippen molar-refractivity contribution in [3.8, 4) is 0 Å². The number of aryl methyl sites for hydroxylation is 1. The van der Waals surface area contributed by atoms with E-state index in [9.17, 15) is 4.79 Å². The van der Waals surface area contributed by atoms with Crippen LogP contribution in [0, 0.1) is 6.92 Å². The second-order valence-corrected chi connectivity index (χ2v) is 6.07. The first-order valence-corrected chi connectivity index (χ1v) is 8.35. The fourth-order valence-corrected chi connectivity index (χ4v) is 2.80. The molecule has 2 amide bonds. The Morgan fingerprint density at radius 2 is 2.35 bits per heavy atom. The quantitative estimate of drug-likeness (QED) is 0.791. The Hall–Kier alpha value is -2.11. The predicted octanol–water partition coefficient (Wildman–Crippen LogP) is 2.41. The first kappa shape index (κ1) is 17.2. The number of anilines is 1. The minimum Gasteiger partial charge on any atom is -0.353 e. The molecule has 2 N–H and O–H groups in total. The van der Waals surface area contributed by atoms with Gasteiger partial charge in [-0.3, -0.25) is 0 Å². The van der Waals surface area contributed by atoms with Crippen LogP contribution >= 0.6 is 0 Å². The first-order chi connectivity index (χ1) is 11.1. The summed E-state index contributed by atoms with van der Waals surface area (Å²) in [5, 5.41) is 14.4. The van der Waals surface area contributed by atoms with Crippen molar-refractivity contribution in [2.24, 2.45) is 0 Å². The zero-order valence-corrected chi connectivity index (χ0v) is 14.1. The van der Waals surface area contributed by atoms with Crippen molar-refractivity contribution in [2.45, 2.75) is 51.6 Å². The molecule has 2 heterocycles. The summed E-state index contributed by atoms with van der Waals surface area (Å²) in [5.74, 6) is 0.876. The lowest BCUT2D eigenvalue weighted by atomic mass is 10.1. The van der Waals surface area contributed by atoms with Gasteiger partial charge < -0.3 is 15.5 Å². The van der Waals surface area contributed by atoms with E-state index in [4.69, 9.17) is 0 Å². The minimum absolute atomic E-state index is 0.0967. The van der Waals surface area contributed by atoms with Crippen LogP contribution in [0.15, 0.2) is 24.8 Å². The number of carbonyl (C=O) groups is 1. The molecule has 1 aromatic heterocycles. The maximum Gasteiger partial charge on any atom is 0.315 e. The topological polar surface area (TPSA) is 70.2 Å². The van der Waals surface area contributed by atoms with Gasteiger partial charge in [-0.2, -0.15) is 5.10 Å². The molecule has 1 fully saturated rings. The van der Waals surface area contributed by atoms with Gasteiger partial charge in [0.1, 0.15) is 0 Å². The molecule has 0 radical (unpaired) electrons. The molecule has 1 aromatic rings. The number of carbonyl (C=O) groups excluding carboxylic acids is 1. The Bertz CT molecular complexity index is 516. The highest BCUT2D eigenvalue weighted by molar-refractivity contribution is 5.74. The maximum absolute atomic E-state index is 12.1. The number of rotatable bonds is 6. The number of hydrogen-bond donors (Lipinski definition) is 2. The zero-order chi connectivity index (χ0) is 16.7. The summed E-state index contributed by atoms with van der Waals surface area (Å²) < 4.78 is 0. The van der Waals surface area contributed by atoms with E-state index in [2.05, 4.69) is 39.2 Å². The third-order valence-corrected chi connectivity index (χ3v) is 4.14. The minimum atomic E-state index is -0.0967. The molecule has 23 heavy (non-hydrogen) atoms. The van der Waals surface area contributed by atoms with Crippen LogP contribution in [0.25, 0.3) is 0 Å². The van der Waals surface area contributed by atoms with Gasteiger partial charge in [0.05, 0.1) is 5.69 Å². The van der Waals surface area contributed by atoms with Crippen molar-refractivity contribution in [1.82, 2.24) is 20.8 Å². The third-order valence-electron chi connectivity index (χ3n) is 4.14. The third kappa shape index (κ3) is 5.23. The van der Waals surface area contributed by atoms with Crippen molar-refractivity contribution in [3.05, 3.63) is 30.5 Å². The molecule has 1 aliphatic heterocycles. The van der Waals surface area contributed by atoms with Crippen molar-refractivity contribution in [3.63, 3.8) is 0 Å². The van der Waals surface area contributed by atoms with Gasteiger partial charge in [-0.15, -0.1) is 11.7 Å². The van der Waals surface area contributed by atoms with E-state index in [1.54, 1.807) is 0 Å². The molecule has 0 aliphatic carbocycles. The summed E-state index contributed by atoms with van der Waals surface area (Å²) >= 11 is 0. The number of nitrogens with zero attached hydrogens (tertiary/aromatic N) is 3. The van der Waals surface area contributed by atoms with Gasteiger partial charge in [-0.1, -0.05) is 13.0 Å². The van der Waals surface area contributed by atoms with Crippen LogP contribution in [0.3, 0.4) is 0 Å². The lowest BCUT2D eigenvalue weighted by Crippen LogP contribution is -2.52. The average molecular weight is 317 g/mol. The van der Waals surface area contributed by atoms with Crippen LogP contribution in [0.2, 0.25) is 0 Å². The van der Waals surface area contributed by atoms with Crippen molar-refractivity contribution in [2.75, 3.05) is 18.0 Å². The van der Waals surface area contributed by atoms with Crippen LogP contribution in [-0.2, 0) is 0 Å². The standard InChI is InChI=1S/C17H27N5O/c1-4-7-14(5-2)18-17(23)19-15-8-6-11-22(12-15)16-10-9-13(3)20-21-16/h4,9-10,14-15H,1,5-8,11-12H2,2-3H3,(H2,18,19,23). The van der Waals surface area contributed by atoms with E-state index in [0.717, 1.165) is 50.3 Å². The number of urea groups is 1. The average Bonchev–Trinajstić information content (AvgIpc) is 2.55. The number of piperidine rings is 1. The summed E-state index contributed by atoms with van der Waals surface area (Å²) in [6.07, 6.45) is 5.55. The van der Waals surface area contributed by atoms with Gasteiger partial charge in [0.2, 0.25) is 0 Å². The summed E-state index contributed by atoms with van der Waals surface area (Å²) in [5.41, 5.74) is 0.910. The Kier molecular flexibility index (Phi) is 6.38. The van der Waals surface area contributed by atoms with Gasteiger partial charge in [0, 0.05) is 25.2 Å².